The van der Waals surface area contributed by atoms with Gasteiger partial charge in [0.25, 0.3) is 5.91 Å². The van der Waals surface area contributed by atoms with Gasteiger partial charge in [-0.2, -0.15) is 0 Å². The number of nitrogens with zero attached hydrogens (tertiary/aromatic N) is 2. The Hall–Kier alpha value is -1.56. The van der Waals surface area contributed by atoms with E-state index < -0.39 is 0 Å². The van der Waals surface area contributed by atoms with E-state index in [2.05, 4.69) is 0 Å². The normalized spacial score (nSPS) is 14.8. The number of benzene rings is 1. The largest absolute Gasteiger partial charge is 0.339 e. The zero-order valence-corrected chi connectivity index (χ0v) is 15.2. The van der Waals surface area contributed by atoms with Crippen LogP contribution in [0.5, 0.6) is 0 Å². The Labute approximate surface area is 154 Å². The minimum Gasteiger partial charge on any atom is -0.339 e. The van der Waals surface area contributed by atoms with Crippen molar-refractivity contribution < 1.29 is 9.59 Å². The van der Waals surface area contributed by atoms with E-state index in [1.165, 1.54) is 0 Å². The second kappa shape index (κ2) is 7.55. The summed E-state index contributed by atoms with van der Waals surface area (Å²) in [7, 11) is 0. The lowest BCUT2D eigenvalue weighted by Crippen LogP contribution is -2.51. The van der Waals surface area contributed by atoms with Crippen LogP contribution in [0, 0.1) is 0 Å². The predicted octanol–water partition coefficient (Wildman–Crippen LogP) is 3.58. The molecular formula is C17H16Cl2N2O2S. The molecule has 7 heteroatoms. The van der Waals surface area contributed by atoms with Gasteiger partial charge >= 0.3 is 0 Å². The summed E-state index contributed by atoms with van der Waals surface area (Å²) in [5, 5.41) is 2.83. The van der Waals surface area contributed by atoms with Gasteiger partial charge in [0.05, 0.1) is 17.0 Å². The summed E-state index contributed by atoms with van der Waals surface area (Å²) in [5.74, 6) is -0.0433. The highest BCUT2D eigenvalue weighted by Gasteiger charge is 2.26. The SMILES string of the molecule is O=C(Cc1cccs1)N1CCN(C(=O)c2cc(Cl)ccc2Cl)CC1. The lowest BCUT2D eigenvalue weighted by molar-refractivity contribution is -0.131. The minimum absolute atomic E-state index is 0.102. The first-order valence-electron chi connectivity index (χ1n) is 7.59. The molecule has 0 spiro atoms. The van der Waals surface area contributed by atoms with Crippen LogP contribution in [-0.4, -0.2) is 47.8 Å². The van der Waals surface area contributed by atoms with Crippen molar-refractivity contribution in [2.75, 3.05) is 26.2 Å². The van der Waals surface area contributed by atoms with Crippen LogP contribution >= 0.6 is 34.5 Å². The van der Waals surface area contributed by atoms with Crippen LogP contribution in [0.3, 0.4) is 0 Å². The van der Waals surface area contributed by atoms with Gasteiger partial charge < -0.3 is 9.80 Å². The topological polar surface area (TPSA) is 40.6 Å². The summed E-state index contributed by atoms with van der Waals surface area (Å²) < 4.78 is 0. The lowest BCUT2D eigenvalue weighted by Gasteiger charge is -2.35. The summed E-state index contributed by atoms with van der Waals surface area (Å²) in [4.78, 5) is 29.5. The zero-order chi connectivity index (χ0) is 17.1. The maximum Gasteiger partial charge on any atom is 0.255 e. The molecule has 0 atom stereocenters. The maximum atomic E-state index is 12.6. The van der Waals surface area contributed by atoms with Crippen molar-refractivity contribution in [2.45, 2.75) is 6.42 Å². The molecule has 0 saturated carbocycles. The Bertz CT molecular complexity index is 741. The van der Waals surface area contributed by atoms with E-state index in [1.54, 1.807) is 34.4 Å². The number of hydrogen-bond donors (Lipinski definition) is 0. The molecule has 24 heavy (non-hydrogen) atoms. The summed E-state index contributed by atoms with van der Waals surface area (Å²) in [6.45, 7) is 2.07. The number of hydrogen-bond acceptors (Lipinski definition) is 3. The van der Waals surface area contributed by atoms with Gasteiger partial charge in [-0.05, 0) is 29.6 Å². The third kappa shape index (κ3) is 3.91. The van der Waals surface area contributed by atoms with Crippen molar-refractivity contribution in [1.82, 2.24) is 9.80 Å². The summed E-state index contributed by atoms with van der Waals surface area (Å²) in [6.07, 6.45) is 0.422. The Morgan fingerprint density at radius 3 is 2.42 bits per heavy atom. The zero-order valence-electron chi connectivity index (χ0n) is 12.9. The number of carbonyl (C=O) groups excluding carboxylic acids is 2. The van der Waals surface area contributed by atoms with Crippen LogP contribution in [-0.2, 0) is 11.2 Å². The number of thiophene rings is 1. The van der Waals surface area contributed by atoms with E-state index in [-0.39, 0.29) is 11.8 Å². The molecule has 2 heterocycles. The molecule has 1 aromatic heterocycles. The van der Waals surface area contributed by atoms with Gasteiger partial charge in [0.1, 0.15) is 0 Å². The highest BCUT2D eigenvalue weighted by Crippen LogP contribution is 2.23. The second-order valence-electron chi connectivity index (χ2n) is 5.55. The molecular weight excluding hydrogens is 367 g/mol. The van der Waals surface area contributed by atoms with E-state index >= 15 is 0 Å². The van der Waals surface area contributed by atoms with Gasteiger partial charge in [0, 0.05) is 36.1 Å². The number of rotatable bonds is 3. The van der Waals surface area contributed by atoms with Crippen LogP contribution < -0.4 is 0 Å². The second-order valence-corrected chi connectivity index (χ2v) is 7.43. The molecule has 1 saturated heterocycles. The van der Waals surface area contributed by atoms with Crippen molar-refractivity contribution in [3.05, 3.63) is 56.2 Å². The van der Waals surface area contributed by atoms with Crippen LogP contribution in [0.1, 0.15) is 15.2 Å². The molecule has 1 aliphatic heterocycles. The molecule has 0 aliphatic carbocycles. The van der Waals surface area contributed by atoms with Crippen molar-refractivity contribution in [3.63, 3.8) is 0 Å². The Balaban J connectivity index is 1.59. The first-order chi connectivity index (χ1) is 11.5. The third-order valence-corrected chi connectivity index (χ3v) is 5.43. The van der Waals surface area contributed by atoms with Crippen molar-refractivity contribution in [1.29, 1.82) is 0 Å². The molecule has 0 N–H and O–H groups in total. The summed E-state index contributed by atoms with van der Waals surface area (Å²) in [6, 6.07) is 8.77. The average Bonchev–Trinajstić information content (AvgIpc) is 3.09. The van der Waals surface area contributed by atoms with Crippen LogP contribution in [0.25, 0.3) is 0 Å². The lowest BCUT2D eigenvalue weighted by atomic mass is 10.1. The molecule has 1 aromatic carbocycles. The fourth-order valence-electron chi connectivity index (χ4n) is 2.66. The van der Waals surface area contributed by atoms with Gasteiger partial charge in [0.2, 0.25) is 5.91 Å². The smallest absolute Gasteiger partial charge is 0.255 e. The molecule has 1 aliphatic rings. The van der Waals surface area contributed by atoms with Crippen molar-refractivity contribution >= 4 is 46.4 Å². The van der Waals surface area contributed by atoms with Gasteiger partial charge in [0.15, 0.2) is 0 Å². The highest BCUT2D eigenvalue weighted by atomic mass is 35.5. The maximum absolute atomic E-state index is 12.6. The standard InChI is InChI=1S/C17H16Cl2N2O2S/c18-12-3-4-15(19)14(10-12)17(23)21-7-5-20(6-8-21)16(22)11-13-2-1-9-24-13/h1-4,9-10H,5-8,11H2. The molecule has 0 bridgehead atoms. The van der Waals surface area contributed by atoms with E-state index in [4.69, 9.17) is 23.2 Å². The van der Waals surface area contributed by atoms with Gasteiger partial charge in [-0.15, -0.1) is 11.3 Å². The van der Waals surface area contributed by atoms with Gasteiger partial charge in [-0.25, -0.2) is 0 Å². The van der Waals surface area contributed by atoms with E-state index in [0.717, 1.165) is 4.88 Å². The molecule has 3 rings (SSSR count). The van der Waals surface area contributed by atoms with Crippen molar-refractivity contribution in [2.24, 2.45) is 0 Å². The number of amides is 2. The molecule has 1 fully saturated rings. The summed E-state index contributed by atoms with van der Waals surface area (Å²) in [5.41, 5.74) is 0.405. The molecule has 126 valence electrons. The fourth-order valence-corrected chi connectivity index (χ4v) is 3.73. The summed E-state index contributed by atoms with van der Waals surface area (Å²) >= 11 is 13.6. The molecule has 2 aromatic rings. The van der Waals surface area contributed by atoms with E-state index in [9.17, 15) is 9.59 Å². The predicted molar refractivity (Wildman–Crippen MR) is 97.0 cm³/mol. The number of piperazine rings is 1. The first-order valence-corrected chi connectivity index (χ1v) is 9.22. The molecule has 0 radical (unpaired) electrons. The average molecular weight is 383 g/mol. The van der Waals surface area contributed by atoms with Gasteiger partial charge in [-0.1, -0.05) is 29.3 Å². The van der Waals surface area contributed by atoms with Gasteiger partial charge in [-0.3, -0.25) is 9.59 Å². The molecule has 4 nitrogen and oxygen atoms in total. The number of halogens is 2. The Morgan fingerprint density at radius 2 is 1.75 bits per heavy atom. The van der Waals surface area contributed by atoms with Crippen LogP contribution in [0.4, 0.5) is 0 Å². The minimum atomic E-state index is -0.146. The monoisotopic (exact) mass is 382 g/mol. The third-order valence-electron chi connectivity index (χ3n) is 3.98. The number of carbonyl (C=O) groups is 2. The fraction of sp³-hybridized carbons (Fsp3) is 0.294. The first kappa shape index (κ1) is 17.3. The van der Waals surface area contributed by atoms with Crippen LogP contribution in [0.15, 0.2) is 35.7 Å². The van der Waals surface area contributed by atoms with Crippen molar-refractivity contribution in [3.8, 4) is 0 Å². The Kier molecular flexibility index (Phi) is 5.43. The van der Waals surface area contributed by atoms with Crippen LogP contribution in [0.2, 0.25) is 10.0 Å². The Morgan fingerprint density at radius 1 is 1.04 bits per heavy atom. The molecule has 0 unspecified atom stereocenters. The quantitative estimate of drug-likeness (QED) is 0.813. The highest BCUT2D eigenvalue weighted by molar-refractivity contribution is 7.10. The van der Waals surface area contributed by atoms with E-state index in [1.807, 2.05) is 22.4 Å². The molecule has 2 amide bonds. The van der Waals surface area contributed by atoms with E-state index in [0.29, 0.717) is 48.2 Å².